The van der Waals surface area contributed by atoms with Gasteiger partial charge in [-0.2, -0.15) is 10.5 Å². The second-order valence-corrected chi connectivity index (χ2v) is 22.4. The van der Waals surface area contributed by atoms with Gasteiger partial charge in [-0.1, -0.05) is 131 Å². The zero-order chi connectivity index (χ0) is 54.6. The van der Waals surface area contributed by atoms with Crippen LogP contribution in [0.1, 0.15) is 77.9 Å². The third kappa shape index (κ3) is 8.11. The van der Waals surface area contributed by atoms with Crippen LogP contribution >= 0.6 is 0 Å². The van der Waals surface area contributed by atoms with Crippen molar-refractivity contribution in [1.29, 1.82) is 10.5 Å². The van der Waals surface area contributed by atoms with Gasteiger partial charge in [0.05, 0.1) is 50.6 Å². The largest absolute Gasteiger partial charge is 0.309 e. The van der Waals surface area contributed by atoms with E-state index in [2.05, 4.69) is 244 Å². The number of aryl methyl sites for hydroxylation is 12. The normalized spacial score (nSPS) is 11.6. The highest BCUT2D eigenvalue weighted by Gasteiger charge is 2.25. The maximum atomic E-state index is 11.9. The highest BCUT2D eigenvalue weighted by Crippen LogP contribution is 2.45. The van der Waals surface area contributed by atoms with Gasteiger partial charge in [-0.15, -0.1) is 0 Å². The first-order valence-corrected chi connectivity index (χ1v) is 27.1. The van der Waals surface area contributed by atoms with Crippen molar-refractivity contribution in [2.75, 3.05) is 0 Å². The second-order valence-electron chi connectivity index (χ2n) is 22.4. The molecule has 10 aromatic carbocycles. The summed E-state index contributed by atoms with van der Waals surface area (Å²) in [6, 6.07) is 63.1. The Morgan fingerprint density at radius 2 is 0.615 bits per heavy atom. The zero-order valence-corrected chi connectivity index (χ0v) is 46.8. The minimum Gasteiger partial charge on any atom is -0.309 e. The Hall–Kier alpha value is -9.22. The molecule has 0 aliphatic rings. The molecule has 0 atom stereocenters. The number of hydrogen-bond acceptors (Lipinski definition) is 2. The van der Waals surface area contributed by atoms with Crippen LogP contribution in [0.4, 0.5) is 0 Å². The Kier molecular flexibility index (Phi) is 12.0. The standard InChI is InChI=1S/C74H62N4/c1-41-24-45(5)71(46(6)25-41)55-16-20-60-61-21-17-56(72-47(7)26-42(2)27-48(72)8)34-67(61)77(66(60)33-55)65-38-64(54-15-13-14-53(32-54)39-75)70(37-59(65)40-76)78-68-35-57(73-49(9)28-43(3)29-50(73)10)18-22-62(68)63-23-19-58(36-69(63)78)74-51(11)30-44(4)31-52(74)12/h13-38H,1-12H3. The predicted octanol–water partition coefficient (Wildman–Crippen LogP) is 19.7. The van der Waals surface area contributed by atoms with Crippen molar-refractivity contribution in [3.63, 3.8) is 0 Å². The van der Waals surface area contributed by atoms with Crippen molar-refractivity contribution in [1.82, 2.24) is 9.13 Å². The molecule has 0 saturated carbocycles. The number of nitriles is 2. The molecule has 12 aromatic rings. The highest BCUT2D eigenvalue weighted by molar-refractivity contribution is 6.14. The summed E-state index contributed by atoms with van der Waals surface area (Å²) >= 11 is 0. The van der Waals surface area contributed by atoms with Crippen LogP contribution in [0.5, 0.6) is 0 Å². The molecule has 2 heterocycles. The molecule has 0 N–H and O–H groups in total. The first-order valence-electron chi connectivity index (χ1n) is 27.1. The molecule has 12 rings (SSSR count). The summed E-state index contributed by atoms with van der Waals surface area (Å²) in [6.45, 7) is 26.3. The van der Waals surface area contributed by atoms with Crippen molar-refractivity contribution in [2.24, 2.45) is 0 Å². The maximum absolute atomic E-state index is 11.9. The first-order chi connectivity index (χ1) is 37.5. The Labute approximate surface area is 458 Å². The molecular weight excluding hydrogens is 945 g/mol. The lowest BCUT2D eigenvalue weighted by molar-refractivity contribution is 1.13. The predicted molar refractivity (Wildman–Crippen MR) is 329 cm³/mol. The molecule has 0 bridgehead atoms. The van der Waals surface area contributed by atoms with Crippen LogP contribution in [-0.4, -0.2) is 9.13 Å². The number of hydrogen-bond donors (Lipinski definition) is 0. The van der Waals surface area contributed by atoms with E-state index >= 15 is 0 Å². The summed E-state index contributed by atoms with van der Waals surface area (Å²) in [4.78, 5) is 0. The molecule has 0 amide bonds. The average molecular weight is 1010 g/mol. The van der Waals surface area contributed by atoms with Gasteiger partial charge >= 0.3 is 0 Å². The molecule has 0 fully saturated rings. The number of fused-ring (bicyclic) bond motifs is 6. The molecule has 0 saturated heterocycles. The van der Waals surface area contributed by atoms with Gasteiger partial charge in [0.1, 0.15) is 6.07 Å². The Bertz CT molecular complexity index is 4330. The van der Waals surface area contributed by atoms with Gasteiger partial charge in [-0.3, -0.25) is 0 Å². The molecule has 4 nitrogen and oxygen atoms in total. The second kappa shape index (κ2) is 18.8. The zero-order valence-electron chi connectivity index (χ0n) is 46.8. The highest BCUT2D eigenvalue weighted by atomic mass is 15.0. The van der Waals surface area contributed by atoms with Crippen molar-refractivity contribution in [3.05, 3.63) is 236 Å². The van der Waals surface area contributed by atoms with E-state index in [1.807, 2.05) is 18.2 Å². The lowest BCUT2D eigenvalue weighted by atomic mass is 9.92. The molecule has 378 valence electrons. The third-order valence-corrected chi connectivity index (χ3v) is 16.4. The molecule has 0 aliphatic carbocycles. The van der Waals surface area contributed by atoms with Gasteiger partial charge in [-0.25, -0.2) is 0 Å². The summed E-state index contributed by atoms with van der Waals surface area (Å²) in [5.41, 5.74) is 32.7. The number of rotatable bonds is 7. The van der Waals surface area contributed by atoms with E-state index in [4.69, 9.17) is 0 Å². The Morgan fingerprint density at radius 3 is 0.923 bits per heavy atom. The van der Waals surface area contributed by atoms with Crippen molar-refractivity contribution in [2.45, 2.75) is 83.1 Å². The summed E-state index contributed by atoms with van der Waals surface area (Å²) < 4.78 is 4.73. The SMILES string of the molecule is Cc1cc(C)c(-c2ccc3c4ccc(-c5c(C)cc(C)cc5C)cc4n(-c4cc(-c5cccc(C#N)c5)c(-n5c6cc(-c7c(C)cc(C)cc7C)ccc6c6ccc(-c7c(C)cc(C)cc7C)cc65)cc4C#N)c3c2)c(C)c1. The number of nitrogens with zero attached hydrogens (tertiary/aromatic N) is 4. The molecule has 0 unspecified atom stereocenters. The topological polar surface area (TPSA) is 57.4 Å². The minimum absolute atomic E-state index is 0.531. The van der Waals surface area contributed by atoms with Gasteiger partial charge in [0.15, 0.2) is 0 Å². The maximum Gasteiger partial charge on any atom is 0.101 e. The molecule has 0 radical (unpaired) electrons. The van der Waals surface area contributed by atoms with E-state index in [0.29, 0.717) is 11.1 Å². The van der Waals surface area contributed by atoms with E-state index in [9.17, 15) is 10.5 Å². The third-order valence-electron chi connectivity index (χ3n) is 16.4. The molecule has 4 heteroatoms. The average Bonchev–Trinajstić information content (AvgIpc) is 4.13. The fourth-order valence-electron chi connectivity index (χ4n) is 13.7. The quantitative estimate of drug-likeness (QED) is 0.160. The van der Waals surface area contributed by atoms with Crippen LogP contribution in [0, 0.1) is 106 Å². The van der Waals surface area contributed by atoms with Crippen LogP contribution < -0.4 is 0 Å². The summed E-state index contributed by atoms with van der Waals surface area (Å²) in [5.74, 6) is 0. The van der Waals surface area contributed by atoms with Gasteiger partial charge in [0.2, 0.25) is 0 Å². The number of benzene rings is 10. The fraction of sp³-hybridized carbons (Fsp3) is 0.162. The fourth-order valence-corrected chi connectivity index (χ4v) is 13.7. The minimum atomic E-state index is 0.531. The Morgan fingerprint density at radius 1 is 0.295 bits per heavy atom. The summed E-state index contributed by atoms with van der Waals surface area (Å²) in [7, 11) is 0. The monoisotopic (exact) mass is 1010 g/mol. The lowest BCUT2D eigenvalue weighted by Crippen LogP contribution is -2.04. The van der Waals surface area contributed by atoms with Crippen LogP contribution in [0.3, 0.4) is 0 Å². The molecule has 0 aliphatic heterocycles. The van der Waals surface area contributed by atoms with Gasteiger partial charge in [0.25, 0.3) is 0 Å². The van der Waals surface area contributed by atoms with Gasteiger partial charge in [-0.05, 0) is 226 Å². The van der Waals surface area contributed by atoms with E-state index < -0.39 is 0 Å². The van der Waals surface area contributed by atoms with Crippen molar-refractivity contribution >= 4 is 43.6 Å². The summed E-state index contributed by atoms with van der Waals surface area (Å²) in [6.07, 6.45) is 0. The van der Waals surface area contributed by atoms with E-state index in [-0.39, 0.29) is 0 Å². The summed E-state index contributed by atoms with van der Waals surface area (Å²) in [5, 5.41) is 26.8. The van der Waals surface area contributed by atoms with E-state index in [0.717, 1.165) is 88.4 Å². The van der Waals surface area contributed by atoms with E-state index in [1.54, 1.807) is 0 Å². The smallest absolute Gasteiger partial charge is 0.101 e. The number of aromatic nitrogens is 2. The van der Waals surface area contributed by atoms with E-state index in [1.165, 1.54) is 89.0 Å². The molecule has 2 aromatic heterocycles. The van der Waals surface area contributed by atoms with Gasteiger partial charge in [0, 0.05) is 27.1 Å². The molecular formula is C74H62N4. The van der Waals surface area contributed by atoms with Crippen molar-refractivity contribution in [3.8, 4) is 79.1 Å². The first kappa shape index (κ1) is 49.6. The van der Waals surface area contributed by atoms with Crippen LogP contribution in [0.2, 0.25) is 0 Å². The van der Waals surface area contributed by atoms with Crippen molar-refractivity contribution < 1.29 is 0 Å². The van der Waals surface area contributed by atoms with Crippen LogP contribution in [-0.2, 0) is 0 Å². The lowest BCUT2D eigenvalue weighted by Gasteiger charge is -2.20. The molecule has 78 heavy (non-hydrogen) atoms. The van der Waals surface area contributed by atoms with Crippen LogP contribution in [0.25, 0.3) is 111 Å². The van der Waals surface area contributed by atoms with Crippen LogP contribution in [0.15, 0.2) is 158 Å². The Balaban J connectivity index is 1.23. The van der Waals surface area contributed by atoms with Gasteiger partial charge < -0.3 is 9.13 Å². The molecule has 0 spiro atoms.